The second kappa shape index (κ2) is 5.69. The van der Waals surface area contributed by atoms with E-state index >= 15 is 0 Å². The summed E-state index contributed by atoms with van der Waals surface area (Å²) in [7, 11) is 1.64. The van der Waals surface area contributed by atoms with Crippen LogP contribution in [-0.4, -0.2) is 60.8 Å². The van der Waals surface area contributed by atoms with Crippen molar-refractivity contribution in [1.82, 2.24) is 10.2 Å². The van der Waals surface area contributed by atoms with Gasteiger partial charge >= 0.3 is 5.97 Å². The number of carbonyl (C=O) groups excluding carboxylic acids is 1. The zero-order valence-electron chi connectivity index (χ0n) is 12.4. The molecule has 2 fully saturated rings. The minimum atomic E-state index is -0.797. The van der Waals surface area contributed by atoms with Gasteiger partial charge in [-0.25, -0.2) is 0 Å². The molecule has 6 heteroatoms. The van der Waals surface area contributed by atoms with E-state index in [1.807, 2.05) is 13.8 Å². The maximum Gasteiger partial charge on any atom is 0.311 e. The van der Waals surface area contributed by atoms with Gasteiger partial charge in [0.15, 0.2) is 0 Å². The molecule has 0 aromatic rings. The molecule has 114 valence electrons. The van der Waals surface area contributed by atoms with Crippen LogP contribution < -0.4 is 5.32 Å². The Labute approximate surface area is 119 Å². The second-order valence-corrected chi connectivity index (χ2v) is 6.18. The van der Waals surface area contributed by atoms with Crippen LogP contribution in [0, 0.1) is 11.3 Å². The van der Waals surface area contributed by atoms with E-state index < -0.39 is 11.4 Å². The SMILES string of the molecule is COC1CNC(C(=O)N2CCC(C(=O)O)(C(C)C)C2)C1. The zero-order chi connectivity index (χ0) is 14.9. The summed E-state index contributed by atoms with van der Waals surface area (Å²) < 4.78 is 5.24. The minimum Gasteiger partial charge on any atom is -0.481 e. The fourth-order valence-electron chi connectivity index (χ4n) is 3.21. The summed E-state index contributed by atoms with van der Waals surface area (Å²) >= 11 is 0. The largest absolute Gasteiger partial charge is 0.481 e. The van der Waals surface area contributed by atoms with Crippen LogP contribution >= 0.6 is 0 Å². The molecule has 2 aliphatic rings. The number of nitrogens with one attached hydrogen (secondary N) is 1. The van der Waals surface area contributed by atoms with E-state index in [4.69, 9.17) is 4.74 Å². The van der Waals surface area contributed by atoms with Crippen LogP contribution in [0.25, 0.3) is 0 Å². The fourth-order valence-corrected chi connectivity index (χ4v) is 3.21. The van der Waals surface area contributed by atoms with E-state index in [1.54, 1.807) is 12.0 Å². The molecule has 0 spiro atoms. The number of likely N-dealkylation sites (tertiary alicyclic amines) is 1. The first-order valence-corrected chi connectivity index (χ1v) is 7.19. The molecule has 0 aliphatic carbocycles. The summed E-state index contributed by atoms with van der Waals surface area (Å²) in [6.07, 6.45) is 1.26. The maximum absolute atomic E-state index is 12.5. The Morgan fingerprint density at radius 1 is 1.45 bits per heavy atom. The molecule has 2 saturated heterocycles. The average Bonchev–Trinajstić information content (AvgIpc) is 3.05. The Morgan fingerprint density at radius 3 is 2.60 bits per heavy atom. The number of aliphatic carboxylic acids is 1. The number of hydrogen-bond acceptors (Lipinski definition) is 4. The van der Waals surface area contributed by atoms with Crippen LogP contribution in [0.2, 0.25) is 0 Å². The van der Waals surface area contributed by atoms with E-state index in [0.717, 1.165) is 0 Å². The average molecular weight is 284 g/mol. The van der Waals surface area contributed by atoms with Gasteiger partial charge in [-0.2, -0.15) is 0 Å². The Kier molecular flexibility index (Phi) is 4.34. The van der Waals surface area contributed by atoms with Crippen LogP contribution in [0.4, 0.5) is 0 Å². The molecule has 3 atom stereocenters. The number of methoxy groups -OCH3 is 1. The lowest BCUT2D eigenvalue weighted by Gasteiger charge is -2.29. The van der Waals surface area contributed by atoms with Crippen LogP contribution in [0.5, 0.6) is 0 Å². The molecule has 0 aromatic carbocycles. The van der Waals surface area contributed by atoms with Crippen molar-refractivity contribution in [3.8, 4) is 0 Å². The molecule has 0 aromatic heterocycles. The van der Waals surface area contributed by atoms with Crippen molar-refractivity contribution in [2.45, 2.75) is 38.8 Å². The fraction of sp³-hybridized carbons (Fsp3) is 0.857. The highest BCUT2D eigenvalue weighted by molar-refractivity contribution is 5.84. The van der Waals surface area contributed by atoms with Crippen LogP contribution in [0.3, 0.4) is 0 Å². The Hall–Kier alpha value is -1.14. The summed E-state index contributed by atoms with van der Waals surface area (Å²) in [6, 6.07) is -0.239. The van der Waals surface area contributed by atoms with Gasteiger partial charge < -0.3 is 20.1 Å². The number of ether oxygens (including phenoxy) is 1. The third-order valence-corrected chi connectivity index (χ3v) is 4.87. The second-order valence-electron chi connectivity index (χ2n) is 6.18. The lowest BCUT2D eigenvalue weighted by molar-refractivity contribution is -0.151. The number of carbonyl (C=O) groups is 2. The smallest absolute Gasteiger partial charge is 0.311 e. The topological polar surface area (TPSA) is 78.9 Å². The zero-order valence-corrected chi connectivity index (χ0v) is 12.4. The van der Waals surface area contributed by atoms with Gasteiger partial charge in [0.2, 0.25) is 5.91 Å². The molecular formula is C14H24N2O4. The van der Waals surface area contributed by atoms with Gasteiger partial charge in [0.1, 0.15) is 0 Å². The quantitative estimate of drug-likeness (QED) is 0.777. The van der Waals surface area contributed by atoms with Crippen LogP contribution in [-0.2, 0) is 14.3 Å². The summed E-state index contributed by atoms with van der Waals surface area (Å²) in [5, 5.41) is 12.7. The number of nitrogens with zero attached hydrogens (tertiary/aromatic N) is 1. The van der Waals surface area contributed by atoms with Crippen LogP contribution in [0.15, 0.2) is 0 Å². The van der Waals surface area contributed by atoms with Gasteiger partial charge in [-0.05, 0) is 18.8 Å². The molecule has 2 aliphatic heterocycles. The van der Waals surface area contributed by atoms with Gasteiger partial charge in [0.05, 0.1) is 17.6 Å². The van der Waals surface area contributed by atoms with Gasteiger partial charge in [-0.1, -0.05) is 13.8 Å². The first-order chi connectivity index (χ1) is 9.40. The summed E-state index contributed by atoms with van der Waals surface area (Å²) in [6.45, 7) is 5.34. The lowest BCUT2D eigenvalue weighted by atomic mass is 9.76. The third-order valence-electron chi connectivity index (χ3n) is 4.87. The molecular weight excluding hydrogens is 260 g/mol. The Balaban J connectivity index is 2.02. The van der Waals surface area contributed by atoms with Gasteiger partial charge in [0.25, 0.3) is 0 Å². The third kappa shape index (κ3) is 2.54. The highest BCUT2D eigenvalue weighted by Crippen LogP contribution is 2.38. The maximum atomic E-state index is 12.5. The summed E-state index contributed by atoms with van der Waals surface area (Å²) in [5.74, 6) is -0.772. The number of rotatable bonds is 4. The van der Waals surface area contributed by atoms with Crippen LogP contribution in [0.1, 0.15) is 26.7 Å². The van der Waals surface area contributed by atoms with Crippen molar-refractivity contribution in [3.05, 3.63) is 0 Å². The number of amides is 1. The lowest BCUT2D eigenvalue weighted by Crippen LogP contribution is -2.45. The number of carboxylic acids is 1. The molecule has 2 heterocycles. The first-order valence-electron chi connectivity index (χ1n) is 7.19. The highest BCUT2D eigenvalue weighted by Gasteiger charge is 2.49. The van der Waals surface area contributed by atoms with Crippen molar-refractivity contribution in [2.24, 2.45) is 11.3 Å². The number of hydrogen-bond donors (Lipinski definition) is 2. The van der Waals surface area contributed by atoms with E-state index in [1.165, 1.54) is 0 Å². The molecule has 0 radical (unpaired) electrons. The van der Waals surface area contributed by atoms with E-state index in [0.29, 0.717) is 32.5 Å². The van der Waals surface area contributed by atoms with E-state index in [9.17, 15) is 14.7 Å². The normalized spacial score (nSPS) is 33.9. The number of carboxylic acid groups (broad SMARTS) is 1. The molecule has 20 heavy (non-hydrogen) atoms. The highest BCUT2D eigenvalue weighted by atomic mass is 16.5. The predicted octanol–water partition coefficient (Wildman–Crippen LogP) is 0.323. The van der Waals surface area contributed by atoms with E-state index in [2.05, 4.69) is 5.32 Å². The predicted molar refractivity (Wildman–Crippen MR) is 73.3 cm³/mol. The van der Waals surface area contributed by atoms with Gasteiger partial charge in [-0.3, -0.25) is 9.59 Å². The van der Waals surface area contributed by atoms with Crippen molar-refractivity contribution >= 4 is 11.9 Å². The standard InChI is InChI=1S/C14H24N2O4/c1-9(2)14(13(18)19)4-5-16(8-14)12(17)11-6-10(20-3)7-15-11/h9-11,15H,4-8H2,1-3H3,(H,18,19). The minimum absolute atomic E-state index is 0.00771. The monoisotopic (exact) mass is 284 g/mol. The van der Waals surface area contributed by atoms with Crippen molar-refractivity contribution in [2.75, 3.05) is 26.7 Å². The molecule has 0 bridgehead atoms. The Bertz CT molecular complexity index is 399. The van der Waals surface area contributed by atoms with Gasteiger partial charge in [-0.15, -0.1) is 0 Å². The molecule has 1 amide bonds. The van der Waals surface area contributed by atoms with Crippen molar-refractivity contribution in [1.29, 1.82) is 0 Å². The molecule has 6 nitrogen and oxygen atoms in total. The summed E-state index contributed by atoms with van der Waals surface area (Å²) in [5.41, 5.74) is -0.797. The molecule has 3 unspecified atom stereocenters. The van der Waals surface area contributed by atoms with Crippen molar-refractivity contribution < 1.29 is 19.4 Å². The van der Waals surface area contributed by atoms with Gasteiger partial charge in [0, 0.05) is 26.7 Å². The Morgan fingerprint density at radius 2 is 2.15 bits per heavy atom. The van der Waals surface area contributed by atoms with E-state index in [-0.39, 0.29) is 24.0 Å². The molecule has 0 saturated carbocycles. The van der Waals surface area contributed by atoms with Crippen molar-refractivity contribution in [3.63, 3.8) is 0 Å². The molecule has 2 rings (SSSR count). The molecule has 2 N–H and O–H groups in total. The summed E-state index contributed by atoms with van der Waals surface area (Å²) in [4.78, 5) is 25.7. The first kappa shape index (κ1) is 15.3.